The fraction of sp³-hybridized carbons (Fsp3) is 0.650. The Kier molecular flexibility index (Phi) is 7.94. The van der Waals surface area contributed by atoms with Crippen molar-refractivity contribution in [1.82, 2.24) is 22.7 Å². The van der Waals surface area contributed by atoms with Gasteiger partial charge in [0.25, 0.3) is 16.1 Å². The van der Waals surface area contributed by atoms with E-state index < -0.39 is 20.2 Å². The van der Waals surface area contributed by atoms with Crippen LogP contribution < -0.4 is 0 Å². The van der Waals surface area contributed by atoms with E-state index in [2.05, 4.69) is 4.90 Å². The lowest BCUT2D eigenvalue weighted by molar-refractivity contribution is 0.0692. The van der Waals surface area contributed by atoms with Gasteiger partial charge in [-0.05, 0) is 25.2 Å². The molecule has 2 aliphatic heterocycles. The van der Waals surface area contributed by atoms with E-state index in [1.54, 1.807) is 30.9 Å². The maximum Gasteiger partial charge on any atom is 0.282 e. The molecule has 2 heterocycles. The molecule has 0 unspecified atom stereocenters. The van der Waals surface area contributed by atoms with E-state index in [-0.39, 0.29) is 42.5 Å². The zero-order valence-electron chi connectivity index (χ0n) is 19.0. The van der Waals surface area contributed by atoms with Crippen LogP contribution in [0.1, 0.15) is 24.2 Å². The van der Waals surface area contributed by atoms with E-state index in [9.17, 15) is 21.6 Å². The van der Waals surface area contributed by atoms with Crippen molar-refractivity contribution in [2.45, 2.75) is 18.7 Å². The lowest BCUT2D eigenvalue weighted by Crippen LogP contribution is -2.57. The number of carbonyl (C=O) groups is 1. The topological polar surface area (TPSA) is 102 Å². The van der Waals surface area contributed by atoms with Crippen molar-refractivity contribution in [3.8, 4) is 0 Å². The van der Waals surface area contributed by atoms with Crippen molar-refractivity contribution in [3.63, 3.8) is 0 Å². The molecular weight excluding hydrogens is 454 g/mol. The van der Waals surface area contributed by atoms with Gasteiger partial charge in [-0.2, -0.15) is 21.3 Å². The van der Waals surface area contributed by atoms with Crippen LogP contribution in [0.2, 0.25) is 0 Å². The third kappa shape index (κ3) is 5.15. The smallest absolute Gasteiger partial charge is 0.282 e. The molecule has 2 aliphatic rings. The van der Waals surface area contributed by atoms with Gasteiger partial charge in [-0.15, -0.1) is 0 Å². The van der Waals surface area contributed by atoms with Crippen molar-refractivity contribution in [1.29, 1.82) is 0 Å². The van der Waals surface area contributed by atoms with E-state index in [1.165, 1.54) is 25.0 Å². The molecule has 1 amide bonds. The van der Waals surface area contributed by atoms with Gasteiger partial charge in [0, 0.05) is 71.0 Å². The molecule has 32 heavy (non-hydrogen) atoms. The summed E-state index contributed by atoms with van der Waals surface area (Å²) in [4.78, 5) is 16.8. The summed E-state index contributed by atoms with van der Waals surface area (Å²) in [7, 11) is -5.24. The fourth-order valence-electron chi connectivity index (χ4n) is 3.99. The summed E-state index contributed by atoms with van der Waals surface area (Å²) in [5.41, 5.74) is 0.286. The predicted octanol–water partition coefficient (Wildman–Crippen LogP) is -0.0329. The van der Waals surface area contributed by atoms with Crippen LogP contribution in [0, 0.1) is 0 Å². The zero-order chi connectivity index (χ0) is 23.5. The first-order chi connectivity index (χ1) is 15.1. The van der Waals surface area contributed by atoms with Crippen LogP contribution in [0.4, 0.5) is 0 Å². The molecule has 1 aromatic rings. The molecule has 0 aromatic heterocycles. The van der Waals surface area contributed by atoms with Gasteiger partial charge in [-0.3, -0.25) is 4.79 Å². The predicted molar refractivity (Wildman–Crippen MR) is 122 cm³/mol. The van der Waals surface area contributed by atoms with E-state index in [0.29, 0.717) is 39.3 Å². The second-order valence-electron chi connectivity index (χ2n) is 8.02. The van der Waals surface area contributed by atoms with Crippen LogP contribution in [0.5, 0.6) is 0 Å². The number of hydrogen-bond donors (Lipinski definition) is 0. The monoisotopic (exact) mass is 487 g/mol. The van der Waals surface area contributed by atoms with E-state index in [0.717, 1.165) is 0 Å². The van der Waals surface area contributed by atoms with Crippen LogP contribution in [0.25, 0.3) is 0 Å². The van der Waals surface area contributed by atoms with E-state index in [1.807, 2.05) is 7.05 Å². The Hall–Kier alpha value is -1.57. The number of nitrogens with zero attached hydrogens (tertiary/aromatic N) is 5. The highest BCUT2D eigenvalue weighted by molar-refractivity contribution is 7.89. The van der Waals surface area contributed by atoms with Crippen molar-refractivity contribution < 1.29 is 21.6 Å². The minimum Gasteiger partial charge on any atom is -0.336 e. The molecule has 0 spiro atoms. The fourth-order valence-corrected chi connectivity index (χ4v) is 7.07. The third-order valence-corrected chi connectivity index (χ3v) is 10.1. The number of piperazine rings is 2. The minimum absolute atomic E-state index is 0.0864. The van der Waals surface area contributed by atoms with Gasteiger partial charge < -0.3 is 9.80 Å². The summed E-state index contributed by atoms with van der Waals surface area (Å²) >= 11 is 0. The van der Waals surface area contributed by atoms with E-state index in [4.69, 9.17) is 0 Å². The molecule has 2 saturated heterocycles. The Morgan fingerprint density at radius 2 is 1.41 bits per heavy atom. The quantitative estimate of drug-likeness (QED) is 0.535. The van der Waals surface area contributed by atoms with Crippen LogP contribution in [0.3, 0.4) is 0 Å². The molecule has 0 aliphatic carbocycles. The summed E-state index contributed by atoms with van der Waals surface area (Å²) < 4.78 is 55.7. The number of amides is 1. The highest BCUT2D eigenvalue weighted by Crippen LogP contribution is 2.20. The Morgan fingerprint density at radius 1 is 0.875 bits per heavy atom. The van der Waals surface area contributed by atoms with Gasteiger partial charge in [0.05, 0.1) is 4.90 Å². The van der Waals surface area contributed by atoms with Crippen LogP contribution in [-0.4, -0.2) is 118 Å². The number of hydrogen-bond acceptors (Lipinski definition) is 6. The maximum absolute atomic E-state index is 13.0. The van der Waals surface area contributed by atoms with Crippen molar-refractivity contribution in [2.75, 3.05) is 72.5 Å². The Labute approximate surface area is 191 Å². The average Bonchev–Trinajstić information content (AvgIpc) is 2.79. The van der Waals surface area contributed by atoms with Crippen molar-refractivity contribution >= 4 is 26.1 Å². The largest absolute Gasteiger partial charge is 0.336 e. The molecule has 0 saturated carbocycles. The maximum atomic E-state index is 13.0. The number of sulfonamides is 1. The van der Waals surface area contributed by atoms with Gasteiger partial charge in [0.15, 0.2) is 0 Å². The zero-order valence-corrected chi connectivity index (χ0v) is 20.6. The number of rotatable bonds is 7. The summed E-state index contributed by atoms with van der Waals surface area (Å²) in [6, 6.07) is 6.06. The summed E-state index contributed by atoms with van der Waals surface area (Å²) in [6.45, 7) is 7.53. The average molecular weight is 488 g/mol. The van der Waals surface area contributed by atoms with Gasteiger partial charge in [0.2, 0.25) is 10.0 Å². The van der Waals surface area contributed by atoms with Crippen molar-refractivity contribution in [2.24, 2.45) is 0 Å². The van der Waals surface area contributed by atoms with Gasteiger partial charge in [-0.1, -0.05) is 19.9 Å². The molecule has 10 nitrogen and oxygen atoms in total. The summed E-state index contributed by atoms with van der Waals surface area (Å²) in [5, 5.41) is 0. The first-order valence-corrected chi connectivity index (χ1v) is 13.8. The summed E-state index contributed by atoms with van der Waals surface area (Å²) in [5.74, 6) is -0.293. The number of benzene rings is 1. The molecule has 0 bridgehead atoms. The number of carbonyl (C=O) groups excluding carboxylic acids is 1. The molecule has 0 radical (unpaired) electrons. The molecule has 180 valence electrons. The normalized spacial score (nSPS) is 20.1. The van der Waals surface area contributed by atoms with Crippen LogP contribution >= 0.6 is 0 Å². The number of likely N-dealkylation sites (N-methyl/N-ethyl adjacent to an activating group) is 1. The molecule has 3 rings (SSSR count). The molecule has 1 aromatic carbocycles. The van der Waals surface area contributed by atoms with Gasteiger partial charge in [-0.25, -0.2) is 8.42 Å². The van der Waals surface area contributed by atoms with Gasteiger partial charge >= 0.3 is 0 Å². The lowest BCUT2D eigenvalue weighted by Gasteiger charge is -2.39. The Morgan fingerprint density at radius 3 is 1.94 bits per heavy atom. The molecular formula is C20H33N5O5S2. The highest BCUT2D eigenvalue weighted by Gasteiger charge is 2.35. The summed E-state index contributed by atoms with van der Waals surface area (Å²) in [6.07, 6.45) is 0. The standard InChI is InChI=1S/C20H33N5O5S2/c1-4-23(5-2)31(27,28)19-8-6-7-18(17-19)20(26)22-11-15-25(16-12-22)32(29,30)24-13-9-21(3)10-14-24/h6-8,17H,4-5,9-16H2,1-3H3. The third-order valence-electron chi connectivity index (χ3n) is 6.06. The minimum atomic E-state index is -3.67. The van der Waals surface area contributed by atoms with Crippen molar-refractivity contribution in [3.05, 3.63) is 29.8 Å². The Bertz CT molecular complexity index is 1010. The van der Waals surface area contributed by atoms with Crippen LogP contribution in [0.15, 0.2) is 29.2 Å². The molecule has 0 N–H and O–H groups in total. The second kappa shape index (κ2) is 10.1. The lowest BCUT2D eigenvalue weighted by atomic mass is 10.2. The molecule has 12 heteroatoms. The van der Waals surface area contributed by atoms with Crippen LogP contribution in [-0.2, 0) is 20.2 Å². The first kappa shape index (κ1) is 25.1. The van der Waals surface area contributed by atoms with E-state index >= 15 is 0 Å². The first-order valence-electron chi connectivity index (χ1n) is 10.9. The molecule has 2 fully saturated rings. The Balaban J connectivity index is 1.67. The molecule has 0 atom stereocenters. The second-order valence-corrected chi connectivity index (χ2v) is 11.9. The highest BCUT2D eigenvalue weighted by atomic mass is 32.2. The van der Waals surface area contributed by atoms with Gasteiger partial charge in [0.1, 0.15) is 0 Å². The SMILES string of the molecule is CCN(CC)S(=O)(=O)c1cccc(C(=O)N2CCN(S(=O)(=O)N3CCN(C)CC3)CC2)c1.